The summed E-state index contributed by atoms with van der Waals surface area (Å²) in [4.78, 5) is 15.6. The lowest BCUT2D eigenvalue weighted by Gasteiger charge is -2.04. The minimum atomic E-state index is -0.366. The van der Waals surface area contributed by atoms with Crippen molar-refractivity contribution in [1.82, 2.24) is 4.98 Å². The van der Waals surface area contributed by atoms with Crippen LogP contribution in [0.1, 0.15) is 17.4 Å². The number of halogens is 1. The highest BCUT2D eigenvalue weighted by Crippen LogP contribution is 2.16. The van der Waals surface area contributed by atoms with Crippen molar-refractivity contribution in [3.05, 3.63) is 42.2 Å². The summed E-state index contributed by atoms with van der Waals surface area (Å²) in [5.74, 6) is -0.366. The van der Waals surface area contributed by atoms with Crippen LogP contribution in [-0.4, -0.2) is 17.6 Å². The highest BCUT2D eigenvalue weighted by atomic mass is 35.5. The molecule has 0 radical (unpaired) electrons. The van der Waals surface area contributed by atoms with E-state index in [0.717, 1.165) is 10.8 Å². The average molecular weight is 237 g/mol. The number of fused-ring (bicyclic) bond motifs is 1. The summed E-state index contributed by atoms with van der Waals surface area (Å²) in [5, 5.41) is 1.83. The average Bonchev–Trinajstić information content (AvgIpc) is 2.28. The number of hydrogen-bond acceptors (Lipinski definition) is 3. The van der Waals surface area contributed by atoms with Gasteiger partial charge >= 0.3 is 5.97 Å². The number of esters is 1. The zero-order chi connectivity index (χ0) is 10.7. The van der Waals surface area contributed by atoms with Crippen molar-refractivity contribution in [3.8, 4) is 0 Å². The SMILES string of the molecule is CCOC(=O)c1nccc2ccccc12.[Cl-]. The molecule has 3 nitrogen and oxygen atoms in total. The zero-order valence-corrected chi connectivity index (χ0v) is 9.57. The van der Waals surface area contributed by atoms with Crippen LogP contribution in [0.15, 0.2) is 36.5 Å². The number of rotatable bonds is 2. The lowest BCUT2D eigenvalue weighted by atomic mass is 10.1. The first-order chi connectivity index (χ1) is 7.33. The first-order valence-electron chi connectivity index (χ1n) is 4.84. The quantitative estimate of drug-likeness (QED) is 0.655. The van der Waals surface area contributed by atoms with Crippen molar-refractivity contribution in [3.63, 3.8) is 0 Å². The van der Waals surface area contributed by atoms with Crippen molar-refractivity contribution >= 4 is 16.7 Å². The summed E-state index contributed by atoms with van der Waals surface area (Å²) in [6.45, 7) is 2.15. The van der Waals surface area contributed by atoms with Gasteiger partial charge in [-0.2, -0.15) is 0 Å². The molecule has 0 atom stereocenters. The Morgan fingerprint density at radius 2 is 2.06 bits per heavy atom. The molecule has 0 aliphatic rings. The van der Waals surface area contributed by atoms with Crippen molar-refractivity contribution < 1.29 is 21.9 Å². The normalized spacial score (nSPS) is 9.56. The van der Waals surface area contributed by atoms with Crippen LogP contribution < -0.4 is 12.4 Å². The van der Waals surface area contributed by atoms with E-state index in [2.05, 4.69) is 4.98 Å². The predicted octanol–water partition coefficient (Wildman–Crippen LogP) is -0.585. The molecule has 2 rings (SSSR count). The van der Waals surface area contributed by atoms with E-state index in [4.69, 9.17) is 4.74 Å². The van der Waals surface area contributed by atoms with Crippen molar-refractivity contribution in [2.45, 2.75) is 6.92 Å². The van der Waals surface area contributed by atoms with Crippen LogP contribution in [0.2, 0.25) is 0 Å². The second kappa shape index (κ2) is 5.47. The van der Waals surface area contributed by atoms with Crippen LogP contribution in [0, 0.1) is 0 Å². The van der Waals surface area contributed by atoms with E-state index in [1.807, 2.05) is 30.3 Å². The van der Waals surface area contributed by atoms with Gasteiger partial charge in [-0.25, -0.2) is 9.78 Å². The van der Waals surface area contributed by atoms with E-state index in [9.17, 15) is 4.79 Å². The fraction of sp³-hybridized carbons (Fsp3) is 0.167. The topological polar surface area (TPSA) is 39.2 Å². The van der Waals surface area contributed by atoms with Crippen molar-refractivity contribution in [2.75, 3.05) is 6.61 Å². The van der Waals surface area contributed by atoms with Gasteiger partial charge in [-0.3, -0.25) is 0 Å². The predicted molar refractivity (Wildman–Crippen MR) is 57.7 cm³/mol. The van der Waals surface area contributed by atoms with E-state index in [0.29, 0.717) is 12.3 Å². The summed E-state index contributed by atoms with van der Waals surface area (Å²) in [7, 11) is 0. The first-order valence-corrected chi connectivity index (χ1v) is 4.84. The minimum Gasteiger partial charge on any atom is -1.00 e. The number of carbonyl (C=O) groups is 1. The summed E-state index contributed by atoms with van der Waals surface area (Å²) in [6, 6.07) is 9.50. The third kappa shape index (κ3) is 2.31. The van der Waals surface area contributed by atoms with Crippen LogP contribution in [0.3, 0.4) is 0 Å². The number of benzene rings is 1. The fourth-order valence-electron chi connectivity index (χ4n) is 1.48. The smallest absolute Gasteiger partial charge is 0.357 e. The van der Waals surface area contributed by atoms with E-state index in [1.165, 1.54) is 0 Å². The molecule has 0 saturated carbocycles. The molecule has 1 heterocycles. The Morgan fingerprint density at radius 1 is 1.31 bits per heavy atom. The highest BCUT2D eigenvalue weighted by molar-refractivity contribution is 6.02. The second-order valence-corrected chi connectivity index (χ2v) is 3.10. The van der Waals surface area contributed by atoms with Gasteiger partial charge in [0.15, 0.2) is 5.69 Å². The van der Waals surface area contributed by atoms with Crippen LogP contribution in [0.4, 0.5) is 0 Å². The molecular weight excluding hydrogens is 226 g/mol. The van der Waals surface area contributed by atoms with Crippen LogP contribution >= 0.6 is 0 Å². The Hall–Kier alpha value is -1.61. The fourth-order valence-corrected chi connectivity index (χ4v) is 1.48. The van der Waals surface area contributed by atoms with Gasteiger partial charge in [0.05, 0.1) is 6.61 Å². The maximum absolute atomic E-state index is 11.6. The van der Waals surface area contributed by atoms with Crippen LogP contribution in [-0.2, 0) is 4.74 Å². The summed E-state index contributed by atoms with van der Waals surface area (Å²) < 4.78 is 4.93. The zero-order valence-electron chi connectivity index (χ0n) is 8.81. The maximum atomic E-state index is 11.6. The van der Waals surface area contributed by atoms with E-state index >= 15 is 0 Å². The minimum absolute atomic E-state index is 0. The third-order valence-corrected chi connectivity index (χ3v) is 2.14. The summed E-state index contributed by atoms with van der Waals surface area (Å²) >= 11 is 0. The molecule has 0 aliphatic carbocycles. The molecule has 0 bridgehead atoms. The molecule has 0 amide bonds. The first kappa shape index (κ1) is 12.5. The molecule has 0 N–H and O–H groups in total. The van der Waals surface area contributed by atoms with Crippen LogP contribution in [0.5, 0.6) is 0 Å². The molecule has 0 spiro atoms. The van der Waals surface area contributed by atoms with E-state index in [1.54, 1.807) is 13.1 Å². The number of ether oxygens (including phenoxy) is 1. The number of aromatic nitrogens is 1. The monoisotopic (exact) mass is 236 g/mol. The molecular formula is C12H11ClNO2-. The Kier molecular flexibility index (Phi) is 4.26. The Balaban J connectivity index is 0.00000128. The van der Waals surface area contributed by atoms with Crippen molar-refractivity contribution in [1.29, 1.82) is 0 Å². The molecule has 1 aromatic carbocycles. The molecule has 1 aromatic heterocycles. The summed E-state index contributed by atoms with van der Waals surface area (Å²) in [5.41, 5.74) is 0.384. The highest BCUT2D eigenvalue weighted by Gasteiger charge is 2.11. The maximum Gasteiger partial charge on any atom is 0.357 e. The molecule has 4 heteroatoms. The Morgan fingerprint density at radius 3 is 2.81 bits per heavy atom. The molecule has 0 fully saturated rings. The third-order valence-electron chi connectivity index (χ3n) is 2.14. The number of nitrogens with zero attached hydrogens (tertiary/aromatic N) is 1. The van der Waals surface area contributed by atoms with E-state index in [-0.39, 0.29) is 18.4 Å². The van der Waals surface area contributed by atoms with Gasteiger partial charge in [-0.05, 0) is 18.4 Å². The second-order valence-electron chi connectivity index (χ2n) is 3.10. The van der Waals surface area contributed by atoms with Gasteiger partial charge in [0.1, 0.15) is 0 Å². The van der Waals surface area contributed by atoms with Gasteiger partial charge in [0, 0.05) is 11.6 Å². The van der Waals surface area contributed by atoms with Crippen LogP contribution in [0.25, 0.3) is 10.8 Å². The Labute approximate surface area is 99.9 Å². The lowest BCUT2D eigenvalue weighted by Crippen LogP contribution is -3.00. The molecule has 2 aromatic rings. The van der Waals surface area contributed by atoms with Crippen molar-refractivity contribution in [2.24, 2.45) is 0 Å². The van der Waals surface area contributed by atoms with Gasteiger partial charge in [-0.1, -0.05) is 24.3 Å². The number of carbonyl (C=O) groups excluding carboxylic acids is 1. The lowest BCUT2D eigenvalue weighted by molar-refractivity contribution is -0.0000211. The van der Waals surface area contributed by atoms with Gasteiger partial charge in [-0.15, -0.1) is 0 Å². The standard InChI is InChI=1S/C12H11NO2.ClH/c1-2-15-12(14)11-10-6-4-3-5-9(10)7-8-13-11;/h3-8H,2H2,1H3;1H/p-1. The molecule has 0 aliphatic heterocycles. The molecule has 16 heavy (non-hydrogen) atoms. The number of hydrogen-bond donors (Lipinski definition) is 0. The number of pyridine rings is 1. The Bertz CT molecular complexity index is 494. The molecule has 84 valence electrons. The van der Waals surface area contributed by atoms with Gasteiger partial charge in [0.25, 0.3) is 0 Å². The largest absolute Gasteiger partial charge is 1.00 e. The molecule has 0 unspecified atom stereocenters. The van der Waals surface area contributed by atoms with E-state index < -0.39 is 0 Å². The van der Waals surface area contributed by atoms with Gasteiger partial charge < -0.3 is 17.1 Å². The molecule has 0 saturated heterocycles. The summed E-state index contributed by atoms with van der Waals surface area (Å²) in [6.07, 6.45) is 1.62. The van der Waals surface area contributed by atoms with Gasteiger partial charge in [0.2, 0.25) is 0 Å².